The van der Waals surface area contributed by atoms with Crippen LogP contribution in [0.15, 0.2) is 48.6 Å². The van der Waals surface area contributed by atoms with Gasteiger partial charge in [-0.05, 0) is 53.8 Å². The normalized spacial score (nSPS) is 23.6. The Hall–Kier alpha value is -1.97. The Morgan fingerprint density at radius 3 is 2.76 bits per heavy atom. The summed E-state index contributed by atoms with van der Waals surface area (Å²) in [6.45, 7) is 1.52. The number of nitrogens with one attached hydrogen (secondary N) is 2. The molecular formula is C20H18Cl2N2O. The van der Waals surface area contributed by atoms with Crippen molar-refractivity contribution in [1.29, 1.82) is 0 Å². The molecule has 128 valence electrons. The van der Waals surface area contributed by atoms with Crippen molar-refractivity contribution in [3.8, 4) is 0 Å². The van der Waals surface area contributed by atoms with Crippen molar-refractivity contribution in [1.82, 2.24) is 0 Å². The first-order valence-corrected chi connectivity index (χ1v) is 9.08. The maximum Gasteiger partial charge on any atom is 0.221 e. The minimum atomic E-state index is -0.0620. The number of anilines is 2. The highest BCUT2D eigenvalue weighted by Crippen LogP contribution is 2.51. The summed E-state index contributed by atoms with van der Waals surface area (Å²) in [5, 5.41) is 7.85. The molecule has 2 N–H and O–H groups in total. The predicted octanol–water partition coefficient (Wildman–Crippen LogP) is 5.78. The molecule has 1 amide bonds. The molecule has 1 aliphatic carbocycles. The van der Waals surface area contributed by atoms with Crippen molar-refractivity contribution in [2.75, 3.05) is 10.6 Å². The van der Waals surface area contributed by atoms with Crippen LogP contribution in [0.3, 0.4) is 0 Å². The maximum atomic E-state index is 11.3. The van der Waals surface area contributed by atoms with Gasteiger partial charge in [0, 0.05) is 34.3 Å². The summed E-state index contributed by atoms with van der Waals surface area (Å²) < 4.78 is 0. The lowest BCUT2D eigenvalue weighted by molar-refractivity contribution is -0.114. The van der Waals surface area contributed by atoms with Crippen LogP contribution < -0.4 is 10.6 Å². The fraction of sp³-hybridized carbons (Fsp3) is 0.250. The van der Waals surface area contributed by atoms with Gasteiger partial charge in [0.25, 0.3) is 0 Å². The van der Waals surface area contributed by atoms with E-state index in [-0.39, 0.29) is 11.9 Å². The van der Waals surface area contributed by atoms with Crippen molar-refractivity contribution in [3.63, 3.8) is 0 Å². The lowest BCUT2D eigenvalue weighted by Crippen LogP contribution is -2.29. The number of carbonyl (C=O) groups excluding carboxylic acids is 1. The van der Waals surface area contributed by atoms with Crippen LogP contribution in [-0.2, 0) is 4.79 Å². The van der Waals surface area contributed by atoms with Crippen LogP contribution in [0, 0.1) is 5.92 Å². The van der Waals surface area contributed by atoms with E-state index in [1.807, 2.05) is 24.3 Å². The summed E-state index contributed by atoms with van der Waals surface area (Å²) in [4.78, 5) is 11.3. The zero-order valence-electron chi connectivity index (χ0n) is 13.7. The number of amides is 1. The van der Waals surface area contributed by atoms with Gasteiger partial charge in [0.05, 0.1) is 6.04 Å². The van der Waals surface area contributed by atoms with Crippen LogP contribution in [0.5, 0.6) is 0 Å². The van der Waals surface area contributed by atoms with Gasteiger partial charge in [0.1, 0.15) is 0 Å². The first kappa shape index (κ1) is 16.5. The van der Waals surface area contributed by atoms with Crippen LogP contribution in [0.25, 0.3) is 0 Å². The van der Waals surface area contributed by atoms with Crippen LogP contribution in [0.4, 0.5) is 11.4 Å². The summed E-state index contributed by atoms with van der Waals surface area (Å²) in [6.07, 6.45) is 5.48. The average molecular weight is 373 g/mol. The molecule has 0 saturated carbocycles. The first-order valence-electron chi connectivity index (χ1n) is 8.32. The molecule has 0 saturated heterocycles. The number of benzene rings is 2. The van der Waals surface area contributed by atoms with Crippen LogP contribution >= 0.6 is 23.2 Å². The molecule has 2 aliphatic rings. The number of rotatable bonds is 2. The Morgan fingerprint density at radius 2 is 2.00 bits per heavy atom. The van der Waals surface area contributed by atoms with Gasteiger partial charge in [-0.1, -0.05) is 41.4 Å². The molecule has 0 radical (unpaired) electrons. The molecule has 0 fully saturated rings. The summed E-state index contributed by atoms with van der Waals surface area (Å²) in [5.74, 6) is 0.633. The smallest absolute Gasteiger partial charge is 0.221 e. The topological polar surface area (TPSA) is 41.1 Å². The van der Waals surface area contributed by atoms with Crippen molar-refractivity contribution >= 4 is 40.5 Å². The second-order valence-corrected chi connectivity index (χ2v) is 7.47. The third-order valence-electron chi connectivity index (χ3n) is 4.98. The third-order valence-corrected chi connectivity index (χ3v) is 5.54. The molecule has 5 heteroatoms. The number of fused-ring (bicyclic) bond motifs is 3. The van der Waals surface area contributed by atoms with E-state index in [9.17, 15) is 4.79 Å². The van der Waals surface area contributed by atoms with Crippen molar-refractivity contribution < 1.29 is 4.79 Å². The summed E-state index contributed by atoms with van der Waals surface area (Å²) in [5.41, 5.74) is 4.20. The minimum absolute atomic E-state index is 0.0620. The number of allylic oxidation sites excluding steroid dienone is 2. The highest BCUT2D eigenvalue weighted by molar-refractivity contribution is 6.35. The van der Waals surface area contributed by atoms with Crippen molar-refractivity contribution in [2.45, 2.75) is 25.3 Å². The van der Waals surface area contributed by atoms with E-state index >= 15 is 0 Å². The highest BCUT2D eigenvalue weighted by Gasteiger charge is 2.38. The lowest BCUT2D eigenvalue weighted by atomic mass is 9.77. The Labute approximate surface area is 157 Å². The Morgan fingerprint density at radius 1 is 1.16 bits per heavy atom. The molecule has 3 nitrogen and oxygen atoms in total. The standard InChI is InChI=1S/C20H18Cl2N2O/c1-11(25)23-13-6-8-19-17(10-13)14-3-2-4-15(14)20(24-19)16-7-5-12(21)9-18(16)22/h2-3,5-10,14-15,20,24H,4H2,1H3,(H,23,25)/t14-,15-,20+/m1/s1. The second kappa shape index (κ2) is 6.40. The largest absolute Gasteiger partial charge is 0.378 e. The van der Waals surface area contributed by atoms with Gasteiger partial charge in [-0.2, -0.15) is 0 Å². The van der Waals surface area contributed by atoms with E-state index in [2.05, 4.69) is 28.9 Å². The van der Waals surface area contributed by atoms with Crippen molar-refractivity contribution in [3.05, 3.63) is 69.7 Å². The SMILES string of the molecule is CC(=O)Nc1ccc2c(c1)[C@@H]1C=CC[C@H]1[C@@H](c1ccc(Cl)cc1Cl)N2. The van der Waals surface area contributed by atoms with E-state index in [4.69, 9.17) is 23.2 Å². The Balaban J connectivity index is 1.74. The van der Waals surface area contributed by atoms with Crippen molar-refractivity contribution in [2.24, 2.45) is 5.92 Å². The zero-order chi connectivity index (χ0) is 17.6. The van der Waals surface area contributed by atoms with Crippen LogP contribution in [0.2, 0.25) is 10.0 Å². The molecule has 2 aromatic carbocycles. The zero-order valence-corrected chi connectivity index (χ0v) is 15.2. The molecule has 3 atom stereocenters. The molecule has 1 heterocycles. The Bertz CT molecular complexity index is 878. The molecule has 0 bridgehead atoms. The monoisotopic (exact) mass is 372 g/mol. The fourth-order valence-corrected chi connectivity index (χ4v) is 4.46. The molecule has 0 unspecified atom stereocenters. The fourth-order valence-electron chi connectivity index (χ4n) is 3.94. The predicted molar refractivity (Wildman–Crippen MR) is 104 cm³/mol. The summed E-state index contributed by atoms with van der Waals surface area (Å²) in [6, 6.07) is 11.8. The average Bonchev–Trinajstić information content (AvgIpc) is 3.04. The van der Waals surface area contributed by atoms with Gasteiger partial charge in [0.2, 0.25) is 5.91 Å². The molecule has 2 aromatic rings. The lowest BCUT2D eigenvalue weighted by Gasteiger charge is -2.38. The number of hydrogen-bond donors (Lipinski definition) is 2. The quantitative estimate of drug-likeness (QED) is 0.656. The summed E-state index contributed by atoms with van der Waals surface area (Å²) >= 11 is 12.5. The molecule has 4 rings (SSSR count). The Kier molecular flexibility index (Phi) is 4.22. The van der Waals surface area contributed by atoms with E-state index < -0.39 is 0 Å². The molecular weight excluding hydrogens is 355 g/mol. The van der Waals surface area contributed by atoms with Gasteiger partial charge in [0.15, 0.2) is 0 Å². The third kappa shape index (κ3) is 3.03. The van der Waals surface area contributed by atoms with E-state index in [1.165, 1.54) is 12.5 Å². The number of hydrogen-bond acceptors (Lipinski definition) is 2. The first-order chi connectivity index (χ1) is 12.0. The molecule has 0 spiro atoms. The highest BCUT2D eigenvalue weighted by atomic mass is 35.5. The molecule has 25 heavy (non-hydrogen) atoms. The molecule has 0 aromatic heterocycles. The van der Waals surface area contributed by atoms with Gasteiger partial charge in [-0.15, -0.1) is 0 Å². The number of halogens is 2. The van der Waals surface area contributed by atoms with E-state index in [0.29, 0.717) is 21.9 Å². The number of carbonyl (C=O) groups is 1. The van der Waals surface area contributed by atoms with E-state index in [1.54, 1.807) is 6.07 Å². The van der Waals surface area contributed by atoms with Gasteiger partial charge < -0.3 is 10.6 Å². The second-order valence-electron chi connectivity index (χ2n) is 6.62. The van der Waals surface area contributed by atoms with Gasteiger partial charge in [-0.25, -0.2) is 0 Å². The van der Waals surface area contributed by atoms with Crippen LogP contribution in [0.1, 0.15) is 36.4 Å². The van der Waals surface area contributed by atoms with Gasteiger partial charge in [-0.3, -0.25) is 4.79 Å². The summed E-state index contributed by atoms with van der Waals surface area (Å²) in [7, 11) is 0. The van der Waals surface area contributed by atoms with Gasteiger partial charge >= 0.3 is 0 Å². The maximum absolute atomic E-state index is 11.3. The van der Waals surface area contributed by atoms with E-state index in [0.717, 1.165) is 23.4 Å². The minimum Gasteiger partial charge on any atom is -0.378 e. The van der Waals surface area contributed by atoms with Crippen LogP contribution in [-0.4, -0.2) is 5.91 Å². The molecule has 1 aliphatic heterocycles.